The van der Waals surface area contributed by atoms with Crippen LogP contribution in [0, 0.1) is 11.3 Å². The van der Waals surface area contributed by atoms with Crippen LogP contribution in [-0.2, 0) is 18.1 Å². The monoisotopic (exact) mass is 567 g/mol. The summed E-state index contributed by atoms with van der Waals surface area (Å²) in [6, 6.07) is 5.88. The molecule has 214 valence electrons. The number of nitrogens with one attached hydrogen (secondary N) is 1. The first-order chi connectivity index (χ1) is 19.8. The first-order valence-electron chi connectivity index (χ1n) is 13.5. The molecule has 5 heterocycles. The molecule has 2 N–H and O–H groups in total. The van der Waals surface area contributed by atoms with Crippen LogP contribution in [0.5, 0.6) is 5.88 Å². The molecule has 0 bridgehead atoms. The van der Waals surface area contributed by atoms with Gasteiger partial charge >= 0.3 is 6.18 Å². The topological polar surface area (TPSA) is 142 Å². The first kappa shape index (κ1) is 27.1. The average Bonchev–Trinajstić information content (AvgIpc) is 3.61. The Balaban J connectivity index is 1.09. The molecule has 1 saturated heterocycles. The molecule has 4 aromatic heterocycles. The highest BCUT2D eigenvalue weighted by Gasteiger charge is 2.49. The van der Waals surface area contributed by atoms with Crippen LogP contribution in [0.3, 0.4) is 0 Å². The molecule has 0 spiro atoms. The number of aliphatic hydroxyl groups excluding tert-OH is 1. The summed E-state index contributed by atoms with van der Waals surface area (Å²) in [5.41, 5.74) is 2.06. The molecule has 4 aromatic rings. The zero-order chi connectivity index (χ0) is 28.6. The van der Waals surface area contributed by atoms with E-state index in [1.807, 2.05) is 23.1 Å². The van der Waals surface area contributed by atoms with Gasteiger partial charge in [0, 0.05) is 61.6 Å². The lowest BCUT2D eigenvalue weighted by atomic mass is 9.69. The Bertz CT molecular complexity index is 1560. The number of aromatic nitrogens is 7. The summed E-state index contributed by atoms with van der Waals surface area (Å²) in [5.74, 6) is -1.39. The van der Waals surface area contributed by atoms with E-state index >= 15 is 0 Å². The zero-order valence-electron chi connectivity index (χ0n) is 22.0. The van der Waals surface area contributed by atoms with E-state index in [-0.39, 0.29) is 36.7 Å². The second-order valence-corrected chi connectivity index (χ2v) is 10.6. The van der Waals surface area contributed by atoms with Gasteiger partial charge in [-0.25, -0.2) is 15.0 Å². The summed E-state index contributed by atoms with van der Waals surface area (Å²) in [6.07, 6.45) is 5.18. The van der Waals surface area contributed by atoms with E-state index in [9.17, 15) is 18.4 Å². The Morgan fingerprint density at radius 2 is 2.00 bits per heavy atom. The van der Waals surface area contributed by atoms with E-state index in [1.165, 1.54) is 12.4 Å². The Kier molecular flexibility index (Phi) is 7.08. The maximum atomic E-state index is 13.2. The van der Waals surface area contributed by atoms with Gasteiger partial charge < -0.3 is 14.8 Å². The predicted octanol–water partition coefficient (Wildman–Crippen LogP) is 3.48. The number of likely N-dealkylation sites (tertiary alicyclic amines) is 1. The molecule has 1 aliphatic heterocycles. The lowest BCUT2D eigenvalue weighted by molar-refractivity contribution is -0.145. The number of hydrogen-bond acceptors (Lipinski definition) is 9. The van der Waals surface area contributed by atoms with Crippen LogP contribution < -0.4 is 4.74 Å². The average molecular weight is 568 g/mol. The van der Waals surface area contributed by atoms with Gasteiger partial charge in [0.25, 0.3) is 0 Å². The van der Waals surface area contributed by atoms with Crippen molar-refractivity contribution in [3.05, 3.63) is 48.6 Å². The molecule has 2 aliphatic rings. The molecule has 1 saturated carbocycles. The minimum absolute atomic E-state index is 0.0141. The van der Waals surface area contributed by atoms with E-state index in [4.69, 9.17) is 9.84 Å². The molecule has 6 rings (SSSR count). The SMILES string of the molecule is N#CCC1(n2cc(-c3ncnc4[nH]ccc34)cn2)CC(N2CCC(Oc3cc(CCO)nc(C(F)(F)F)n3)CC2)C1. The predicted molar refractivity (Wildman–Crippen MR) is 139 cm³/mol. The van der Waals surface area contributed by atoms with Crippen molar-refractivity contribution in [1.82, 2.24) is 39.6 Å². The van der Waals surface area contributed by atoms with Crippen LogP contribution in [0.2, 0.25) is 0 Å². The normalized spacial score (nSPS) is 22.0. The minimum Gasteiger partial charge on any atom is -0.474 e. The number of ether oxygens (including phenoxy) is 1. The Labute approximate surface area is 233 Å². The number of rotatable bonds is 8. The molecule has 0 radical (unpaired) electrons. The highest BCUT2D eigenvalue weighted by Crippen LogP contribution is 2.45. The summed E-state index contributed by atoms with van der Waals surface area (Å²) in [7, 11) is 0. The van der Waals surface area contributed by atoms with Gasteiger partial charge in [0.05, 0.1) is 35.6 Å². The minimum atomic E-state index is -4.70. The number of H-pyrrole nitrogens is 1. The number of fused-ring (bicyclic) bond motifs is 1. The fraction of sp³-hybridized carbons (Fsp3) is 0.481. The molecule has 41 heavy (non-hydrogen) atoms. The number of nitriles is 1. The second-order valence-electron chi connectivity index (χ2n) is 10.6. The van der Waals surface area contributed by atoms with Crippen molar-refractivity contribution in [3.63, 3.8) is 0 Å². The van der Waals surface area contributed by atoms with Gasteiger partial charge in [0.2, 0.25) is 11.7 Å². The lowest BCUT2D eigenvalue weighted by Crippen LogP contribution is -2.58. The van der Waals surface area contributed by atoms with Crippen molar-refractivity contribution in [1.29, 1.82) is 5.26 Å². The number of piperidine rings is 1. The number of nitrogens with zero attached hydrogens (tertiary/aromatic N) is 8. The molecular formula is C27H28F3N9O2. The van der Waals surface area contributed by atoms with Gasteiger partial charge in [-0.3, -0.25) is 9.58 Å². The fourth-order valence-corrected chi connectivity index (χ4v) is 5.87. The van der Waals surface area contributed by atoms with Crippen LogP contribution in [0.15, 0.2) is 37.1 Å². The highest BCUT2D eigenvalue weighted by molar-refractivity contribution is 5.89. The Morgan fingerprint density at radius 1 is 1.20 bits per heavy atom. The number of aromatic amines is 1. The summed E-state index contributed by atoms with van der Waals surface area (Å²) < 4.78 is 47.5. The van der Waals surface area contributed by atoms with E-state index in [2.05, 4.69) is 41.0 Å². The van der Waals surface area contributed by atoms with Gasteiger partial charge in [-0.05, 0) is 31.7 Å². The van der Waals surface area contributed by atoms with Crippen molar-refractivity contribution in [2.24, 2.45) is 0 Å². The lowest BCUT2D eigenvalue weighted by Gasteiger charge is -2.52. The van der Waals surface area contributed by atoms with Crippen LogP contribution >= 0.6 is 0 Å². The summed E-state index contributed by atoms with van der Waals surface area (Å²) in [5, 5.41) is 24.3. The molecule has 2 fully saturated rings. The van der Waals surface area contributed by atoms with Gasteiger partial charge in [-0.2, -0.15) is 28.5 Å². The maximum absolute atomic E-state index is 13.2. The molecule has 0 amide bonds. The molecule has 0 atom stereocenters. The Hall–Kier alpha value is -4.09. The summed E-state index contributed by atoms with van der Waals surface area (Å²) in [4.78, 5) is 21.2. The maximum Gasteiger partial charge on any atom is 0.451 e. The van der Waals surface area contributed by atoms with Crippen molar-refractivity contribution in [2.75, 3.05) is 19.7 Å². The number of alkyl halides is 3. The van der Waals surface area contributed by atoms with Crippen molar-refractivity contribution >= 4 is 11.0 Å². The van der Waals surface area contributed by atoms with Gasteiger partial charge in [-0.1, -0.05) is 0 Å². The van der Waals surface area contributed by atoms with Crippen LogP contribution in [0.25, 0.3) is 22.3 Å². The molecule has 11 nitrogen and oxygen atoms in total. The van der Waals surface area contributed by atoms with Crippen molar-refractivity contribution < 1.29 is 23.0 Å². The van der Waals surface area contributed by atoms with E-state index in [0.717, 1.165) is 48.2 Å². The Morgan fingerprint density at radius 3 is 2.73 bits per heavy atom. The van der Waals surface area contributed by atoms with Crippen LogP contribution in [0.1, 0.15) is 43.6 Å². The van der Waals surface area contributed by atoms with E-state index in [0.29, 0.717) is 19.3 Å². The molecule has 1 aliphatic carbocycles. The highest BCUT2D eigenvalue weighted by atomic mass is 19.4. The fourth-order valence-electron chi connectivity index (χ4n) is 5.87. The van der Waals surface area contributed by atoms with Crippen LogP contribution in [-0.4, -0.2) is 76.5 Å². The third-order valence-corrected chi connectivity index (χ3v) is 7.99. The van der Waals surface area contributed by atoms with Crippen LogP contribution in [0.4, 0.5) is 13.2 Å². The number of halogens is 3. The number of aliphatic hydroxyl groups is 1. The van der Waals surface area contributed by atoms with E-state index < -0.39 is 17.5 Å². The largest absolute Gasteiger partial charge is 0.474 e. The summed E-state index contributed by atoms with van der Waals surface area (Å²) in [6.45, 7) is 1.11. The second kappa shape index (κ2) is 10.7. The molecular weight excluding hydrogens is 539 g/mol. The standard InChI is InChI=1S/C27H28F3N9O2/c28-27(29,30)25-36-18(4-10-40)11-22(37-25)41-20-2-8-38(9-3-20)19-12-26(13-19,5-6-31)39-15-17(14-35-39)23-21-1-7-32-24(21)34-16-33-23/h1,7,11,14-16,19-20,40H,2-5,8-10,12-13H2,(H,32,33,34). The summed E-state index contributed by atoms with van der Waals surface area (Å²) >= 11 is 0. The number of hydrogen-bond donors (Lipinski definition) is 2. The van der Waals surface area contributed by atoms with Gasteiger partial charge in [0.1, 0.15) is 18.1 Å². The van der Waals surface area contributed by atoms with Gasteiger partial charge in [-0.15, -0.1) is 0 Å². The van der Waals surface area contributed by atoms with Crippen molar-refractivity contribution in [3.8, 4) is 23.2 Å². The quantitative estimate of drug-likeness (QED) is 0.327. The first-order valence-corrected chi connectivity index (χ1v) is 13.5. The van der Waals surface area contributed by atoms with Gasteiger partial charge in [0.15, 0.2) is 0 Å². The zero-order valence-corrected chi connectivity index (χ0v) is 22.0. The molecule has 0 aromatic carbocycles. The third-order valence-electron chi connectivity index (χ3n) is 7.99. The molecule has 0 unspecified atom stereocenters. The smallest absolute Gasteiger partial charge is 0.451 e. The van der Waals surface area contributed by atoms with E-state index in [1.54, 1.807) is 6.20 Å². The molecule has 14 heteroatoms. The third kappa shape index (κ3) is 5.34. The van der Waals surface area contributed by atoms with Crippen molar-refractivity contribution in [2.45, 2.75) is 62.4 Å².